The normalized spacial score (nSPS) is 11.4. The zero-order valence-corrected chi connectivity index (χ0v) is 20.7. The second-order valence-electron chi connectivity index (χ2n) is 8.69. The topological polar surface area (TPSA) is 112 Å². The van der Waals surface area contributed by atoms with Gasteiger partial charge in [0.15, 0.2) is 5.13 Å². The number of thiophene rings is 1. The van der Waals surface area contributed by atoms with E-state index in [0.717, 1.165) is 56.8 Å². The Morgan fingerprint density at radius 3 is 2.89 bits per heavy atom. The summed E-state index contributed by atoms with van der Waals surface area (Å²) in [5.41, 5.74) is 6.57. The van der Waals surface area contributed by atoms with Gasteiger partial charge in [-0.05, 0) is 48.9 Å². The summed E-state index contributed by atoms with van der Waals surface area (Å²) in [6.45, 7) is 2.05. The number of nitrogens with zero attached hydrogens (tertiary/aromatic N) is 4. The van der Waals surface area contributed by atoms with Crippen molar-refractivity contribution in [2.24, 2.45) is 0 Å². The molecule has 3 N–H and O–H groups in total. The minimum Gasteiger partial charge on any atom is -0.338 e. The molecule has 6 aromatic heterocycles. The van der Waals surface area contributed by atoms with Gasteiger partial charge < -0.3 is 10.3 Å². The van der Waals surface area contributed by atoms with Crippen LogP contribution in [0.3, 0.4) is 0 Å². The van der Waals surface area contributed by atoms with Gasteiger partial charge in [0.2, 0.25) is 5.91 Å². The number of anilines is 1. The lowest BCUT2D eigenvalue weighted by atomic mass is 10.1. The summed E-state index contributed by atoms with van der Waals surface area (Å²) in [5.74, 6) is -0.0293. The van der Waals surface area contributed by atoms with Gasteiger partial charge in [0.05, 0.1) is 28.8 Å². The lowest BCUT2D eigenvalue weighted by molar-refractivity contribution is -0.116. The number of carbonyl (C=O) groups excluding carboxylic acids is 1. The monoisotopic (exact) mass is 511 g/mol. The predicted molar refractivity (Wildman–Crippen MR) is 144 cm³/mol. The van der Waals surface area contributed by atoms with Crippen molar-refractivity contribution in [3.05, 3.63) is 66.2 Å². The van der Waals surface area contributed by atoms with E-state index in [9.17, 15) is 9.18 Å². The lowest BCUT2D eigenvalue weighted by Crippen LogP contribution is -2.11. The van der Waals surface area contributed by atoms with E-state index in [4.69, 9.17) is 4.98 Å². The van der Waals surface area contributed by atoms with E-state index < -0.39 is 0 Å². The maximum atomic E-state index is 13.7. The van der Waals surface area contributed by atoms with Crippen LogP contribution in [0, 0.1) is 5.13 Å². The molecule has 6 heterocycles. The second-order valence-corrected chi connectivity index (χ2v) is 9.72. The van der Waals surface area contributed by atoms with E-state index >= 15 is 0 Å². The highest BCUT2D eigenvalue weighted by molar-refractivity contribution is 7.14. The molecule has 0 aliphatic rings. The highest BCUT2D eigenvalue weighted by Gasteiger charge is 2.17. The number of amides is 1. The number of rotatable bonds is 7. The number of fused-ring (bicyclic) bond motifs is 2. The molecule has 1 amide bonds. The lowest BCUT2D eigenvalue weighted by Gasteiger charge is -2.07. The average Bonchev–Trinajstić information content (AvgIpc) is 3.64. The van der Waals surface area contributed by atoms with Gasteiger partial charge in [0.25, 0.3) is 0 Å². The quantitative estimate of drug-likeness (QED) is 0.225. The minimum atomic E-state index is -0.232. The van der Waals surface area contributed by atoms with Gasteiger partial charge in [-0.2, -0.15) is 9.49 Å². The van der Waals surface area contributed by atoms with Gasteiger partial charge in [-0.3, -0.25) is 14.9 Å². The fourth-order valence-corrected chi connectivity index (χ4v) is 5.06. The SMILES string of the molecule is CCCCC(=O)Nc1cncc(-c2ccc3[nH]nc(-c4cc5c(-c6ccc(F)s6)ccnc5[nH]4)c3n2)c1. The van der Waals surface area contributed by atoms with Gasteiger partial charge in [-0.15, -0.1) is 11.3 Å². The summed E-state index contributed by atoms with van der Waals surface area (Å²) in [6, 6.07) is 12.8. The van der Waals surface area contributed by atoms with Gasteiger partial charge in [0.1, 0.15) is 16.9 Å². The molecule has 37 heavy (non-hydrogen) atoms. The largest absolute Gasteiger partial charge is 0.338 e. The first kappa shape index (κ1) is 23.0. The number of pyridine rings is 3. The summed E-state index contributed by atoms with van der Waals surface area (Å²) in [4.78, 5) is 29.9. The Morgan fingerprint density at radius 2 is 2.05 bits per heavy atom. The highest BCUT2D eigenvalue weighted by Crippen LogP contribution is 2.35. The molecule has 0 fully saturated rings. The molecule has 6 rings (SSSR count). The van der Waals surface area contributed by atoms with Crippen LogP contribution in [0.2, 0.25) is 0 Å². The van der Waals surface area contributed by atoms with Crippen LogP contribution in [-0.4, -0.2) is 36.0 Å². The molecule has 0 aromatic carbocycles. The summed E-state index contributed by atoms with van der Waals surface area (Å²) in [7, 11) is 0. The van der Waals surface area contributed by atoms with Crippen molar-refractivity contribution >= 4 is 45.0 Å². The van der Waals surface area contributed by atoms with Crippen LogP contribution in [0.5, 0.6) is 0 Å². The number of nitrogens with one attached hydrogen (secondary N) is 3. The molecule has 0 aliphatic carbocycles. The van der Waals surface area contributed by atoms with E-state index in [0.29, 0.717) is 34.7 Å². The number of carbonyl (C=O) groups is 1. The first-order valence-electron chi connectivity index (χ1n) is 11.9. The molecule has 0 radical (unpaired) electrons. The third-order valence-corrected chi connectivity index (χ3v) is 7.02. The van der Waals surface area contributed by atoms with Crippen LogP contribution in [0.1, 0.15) is 26.2 Å². The first-order valence-corrected chi connectivity index (χ1v) is 12.7. The number of aromatic nitrogens is 6. The van der Waals surface area contributed by atoms with E-state index in [1.165, 1.54) is 6.07 Å². The molecule has 10 heteroatoms. The molecule has 184 valence electrons. The first-order chi connectivity index (χ1) is 18.1. The molecule has 0 saturated carbocycles. The van der Waals surface area contributed by atoms with Gasteiger partial charge in [-0.25, -0.2) is 9.97 Å². The number of unbranched alkanes of at least 4 members (excludes halogenated alkanes) is 1. The van der Waals surface area contributed by atoms with Crippen molar-refractivity contribution in [1.29, 1.82) is 0 Å². The van der Waals surface area contributed by atoms with E-state index in [2.05, 4.69) is 37.4 Å². The van der Waals surface area contributed by atoms with Gasteiger partial charge in [-0.1, -0.05) is 13.3 Å². The smallest absolute Gasteiger partial charge is 0.224 e. The highest BCUT2D eigenvalue weighted by atomic mass is 32.1. The number of hydrogen-bond donors (Lipinski definition) is 3. The Morgan fingerprint density at radius 1 is 1.14 bits per heavy atom. The summed E-state index contributed by atoms with van der Waals surface area (Å²) in [5, 5.41) is 11.1. The molecule has 0 spiro atoms. The van der Waals surface area contributed by atoms with E-state index in [1.54, 1.807) is 24.7 Å². The van der Waals surface area contributed by atoms with Crippen LogP contribution >= 0.6 is 11.3 Å². The molecule has 0 bridgehead atoms. The maximum absolute atomic E-state index is 13.7. The molecular weight excluding hydrogens is 489 g/mol. The van der Waals surface area contributed by atoms with Crippen molar-refractivity contribution in [3.8, 4) is 33.1 Å². The summed E-state index contributed by atoms with van der Waals surface area (Å²) in [6.07, 6.45) is 7.33. The van der Waals surface area contributed by atoms with E-state index in [-0.39, 0.29) is 11.0 Å². The van der Waals surface area contributed by atoms with Crippen molar-refractivity contribution in [2.45, 2.75) is 26.2 Å². The van der Waals surface area contributed by atoms with Crippen LogP contribution in [0.15, 0.2) is 61.1 Å². The Kier molecular flexibility index (Phi) is 5.93. The fourth-order valence-electron chi connectivity index (χ4n) is 4.29. The minimum absolute atomic E-state index is 0.0293. The molecule has 8 nitrogen and oxygen atoms in total. The van der Waals surface area contributed by atoms with Crippen LogP contribution < -0.4 is 5.32 Å². The number of aromatic amines is 2. The number of halogens is 1. The molecule has 0 atom stereocenters. The molecule has 0 saturated heterocycles. The number of hydrogen-bond acceptors (Lipinski definition) is 6. The zero-order valence-electron chi connectivity index (χ0n) is 19.9. The molecule has 0 aliphatic heterocycles. The Balaban J connectivity index is 1.37. The standard InChI is InChI=1S/C27H22FN7OS/c1-2-3-4-24(36)31-16-11-15(13-29-14-16)19-5-6-20-25(32-19)26(35-34-20)21-12-18-17(9-10-30-27(18)33-21)22-7-8-23(28)37-22/h5-14H,2-4H2,1H3,(H,30,33)(H,31,36)(H,34,35). The second kappa shape index (κ2) is 9.55. The van der Waals surface area contributed by atoms with Crippen LogP contribution in [-0.2, 0) is 4.79 Å². The predicted octanol–water partition coefficient (Wildman–Crippen LogP) is 6.56. The fraction of sp³-hybridized carbons (Fsp3) is 0.148. The Hall–Kier alpha value is -4.44. The molecule has 0 unspecified atom stereocenters. The average molecular weight is 512 g/mol. The van der Waals surface area contributed by atoms with Crippen LogP contribution in [0.4, 0.5) is 10.1 Å². The third kappa shape index (κ3) is 4.47. The van der Waals surface area contributed by atoms with Crippen molar-refractivity contribution in [1.82, 2.24) is 30.1 Å². The van der Waals surface area contributed by atoms with Gasteiger partial charge >= 0.3 is 0 Å². The van der Waals surface area contributed by atoms with Crippen molar-refractivity contribution in [2.75, 3.05) is 5.32 Å². The van der Waals surface area contributed by atoms with E-state index in [1.807, 2.05) is 30.3 Å². The zero-order chi connectivity index (χ0) is 25.4. The maximum Gasteiger partial charge on any atom is 0.224 e. The summed E-state index contributed by atoms with van der Waals surface area (Å²) >= 11 is 1.10. The molecule has 6 aromatic rings. The number of H-pyrrole nitrogens is 2. The van der Waals surface area contributed by atoms with Crippen molar-refractivity contribution in [3.63, 3.8) is 0 Å². The molecular formula is C27H22FN7OS. The Bertz CT molecular complexity index is 1750. The van der Waals surface area contributed by atoms with Crippen LogP contribution in [0.25, 0.3) is 55.2 Å². The van der Waals surface area contributed by atoms with Gasteiger partial charge in [0, 0.05) is 40.2 Å². The third-order valence-electron chi connectivity index (χ3n) is 6.11. The summed E-state index contributed by atoms with van der Waals surface area (Å²) < 4.78 is 13.7. The van der Waals surface area contributed by atoms with Crippen molar-refractivity contribution < 1.29 is 9.18 Å². The Labute approximate surface area is 215 Å².